The molecule has 0 aromatic carbocycles. The van der Waals surface area contributed by atoms with Crippen molar-refractivity contribution in [3.63, 3.8) is 0 Å². The number of nitrogens with zero attached hydrogens (tertiary/aromatic N) is 1. The van der Waals surface area contributed by atoms with Gasteiger partial charge in [-0.25, -0.2) is 4.79 Å². The second kappa shape index (κ2) is 4.72. The lowest BCUT2D eigenvalue weighted by Crippen LogP contribution is -2.39. The van der Waals surface area contributed by atoms with Gasteiger partial charge in [0.25, 0.3) is 0 Å². The molecule has 16 heavy (non-hydrogen) atoms. The van der Waals surface area contributed by atoms with Gasteiger partial charge in [-0.2, -0.15) is 0 Å². The molecule has 5 nitrogen and oxygen atoms in total. The van der Waals surface area contributed by atoms with Crippen molar-refractivity contribution in [3.05, 3.63) is 0 Å². The highest BCUT2D eigenvalue weighted by Crippen LogP contribution is 2.37. The fourth-order valence-electron chi connectivity index (χ4n) is 2.77. The number of carbonyl (C=O) groups excluding carboxylic acids is 2. The highest BCUT2D eigenvalue weighted by Gasteiger charge is 2.37. The second-order valence-electron chi connectivity index (χ2n) is 4.59. The summed E-state index contributed by atoms with van der Waals surface area (Å²) in [6.45, 7) is 1.78. The minimum Gasteiger partial charge on any atom is -0.453 e. The van der Waals surface area contributed by atoms with Gasteiger partial charge >= 0.3 is 6.09 Å². The third-order valence-electron chi connectivity index (χ3n) is 3.65. The Kier molecular flexibility index (Phi) is 3.31. The van der Waals surface area contributed by atoms with Crippen molar-refractivity contribution in [1.82, 2.24) is 10.2 Å². The quantitative estimate of drug-likeness (QED) is 0.750. The maximum absolute atomic E-state index is 11.8. The van der Waals surface area contributed by atoms with Gasteiger partial charge in [0, 0.05) is 13.1 Å². The molecular weight excluding hydrogens is 208 g/mol. The van der Waals surface area contributed by atoms with E-state index in [1.807, 2.05) is 4.90 Å². The van der Waals surface area contributed by atoms with Crippen LogP contribution in [0.4, 0.5) is 4.79 Å². The Morgan fingerprint density at radius 3 is 2.50 bits per heavy atom. The van der Waals surface area contributed by atoms with Crippen LogP contribution < -0.4 is 5.32 Å². The molecule has 0 spiro atoms. The van der Waals surface area contributed by atoms with Crippen molar-refractivity contribution in [2.75, 3.05) is 26.7 Å². The molecule has 1 saturated carbocycles. The third kappa shape index (κ3) is 2.28. The molecule has 90 valence electrons. The number of carbonyl (C=O) groups is 2. The summed E-state index contributed by atoms with van der Waals surface area (Å²) in [5.41, 5.74) is 0. The van der Waals surface area contributed by atoms with E-state index < -0.39 is 6.09 Å². The monoisotopic (exact) mass is 226 g/mol. The van der Waals surface area contributed by atoms with Gasteiger partial charge in [0.05, 0.1) is 7.11 Å². The van der Waals surface area contributed by atoms with Crippen LogP contribution in [0.2, 0.25) is 0 Å². The number of methoxy groups -OCH3 is 1. The van der Waals surface area contributed by atoms with Gasteiger partial charge in [-0.3, -0.25) is 4.79 Å². The molecule has 2 aliphatic rings. The van der Waals surface area contributed by atoms with Gasteiger partial charge in [0.2, 0.25) is 5.91 Å². The van der Waals surface area contributed by atoms with Crippen molar-refractivity contribution in [2.24, 2.45) is 11.8 Å². The van der Waals surface area contributed by atoms with Crippen LogP contribution >= 0.6 is 0 Å². The number of amides is 2. The number of hydrogen-bond acceptors (Lipinski definition) is 3. The van der Waals surface area contributed by atoms with E-state index in [1.54, 1.807) is 0 Å². The molecule has 0 bridgehead atoms. The molecular formula is C11H18N2O3. The summed E-state index contributed by atoms with van der Waals surface area (Å²) in [5, 5.41) is 2.42. The van der Waals surface area contributed by atoms with Gasteiger partial charge in [-0.15, -0.1) is 0 Å². The summed E-state index contributed by atoms with van der Waals surface area (Å²) in [6.07, 6.45) is 3.25. The Balaban J connectivity index is 1.76. The topological polar surface area (TPSA) is 58.6 Å². The SMILES string of the molecule is COC(=O)NCC(=O)N1CC2CCCC2C1. The first-order chi connectivity index (χ1) is 7.70. The molecule has 2 atom stereocenters. The lowest BCUT2D eigenvalue weighted by Gasteiger charge is -2.17. The van der Waals surface area contributed by atoms with Crippen LogP contribution in [-0.2, 0) is 9.53 Å². The van der Waals surface area contributed by atoms with E-state index in [0.29, 0.717) is 11.8 Å². The number of likely N-dealkylation sites (tertiary alicyclic amines) is 1. The minimum atomic E-state index is -0.548. The number of alkyl carbamates (subject to hydrolysis) is 1. The number of nitrogens with one attached hydrogen (secondary N) is 1. The Morgan fingerprint density at radius 2 is 1.94 bits per heavy atom. The van der Waals surface area contributed by atoms with Gasteiger partial charge in [0.15, 0.2) is 0 Å². The summed E-state index contributed by atoms with van der Waals surface area (Å²) >= 11 is 0. The molecule has 1 aliphatic carbocycles. The first kappa shape index (κ1) is 11.2. The average molecular weight is 226 g/mol. The van der Waals surface area contributed by atoms with Gasteiger partial charge in [-0.05, 0) is 24.7 Å². The summed E-state index contributed by atoms with van der Waals surface area (Å²) in [6, 6.07) is 0. The Hall–Kier alpha value is -1.26. The van der Waals surface area contributed by atoms with E-state index in [9.17, 15) is 9.59 Å². The van der Waals surface area contributed by atoms with E-state index in [-0.39, 0.29) is 12.5 Å². The smallest absolute Gasteiger partial charge is 0.407 e. The van der Waals surface area contributed by atoms with Crippen molar-refractivity contribution in [2.45, 2.75) is 19.3 Å². The largest absolute Gasteiger partial charge is 0.453 e. The summed E-state index contributed by atoms with van der Waals surface area (Å²) < 4.78 is 4.42. The second-order valence-corrected chi connectivity index (χ2v) is 4.59. The molecule has 2 rings (SSSR count). The molecule has 2 fully saturated rings. The number of rotatable bonds is 2. The molecule has 2 unspecified atom stereocenters. The zero-order valence-electron chi connectivity index (χ0n) is 9.57. The molecule has 2 amide bonds. The van der Waals surface area contributed by atoms with Crippen LogP contribution in [0.1, 0.15) is 19.3 Å². The van der Waals surface area contributed by atoms with Crippen LogP contribution in [0.5, 0.6) is 0 Å². The molecule has 0 aromatic rings. The zero-order chi connectivity index (χ0) is 11.5. The van der Waals surface area contributed by atoms with Crippen LogP contribution in [0.15, 0.2) is 0 Å². The minimum absolute atomic E-state index is 0.000185. The number of hydrogen-bond donors (Lipinski definition) is 1. The third-order valence-corrected chi connectivity index (χ3v) is 3.65. The van der Waals surface area contributed by atoms with E-state index in [0.717, 1.165) is 13.1 Å². The van der Waals surface area contributed by atoms with Crippen molar-refractivity contribution >= 4 is 12.0 Å². The van der Waals surface area contributed by atoms with Gasteiger partial charge < -0.3 is 15.0 Å². The van der Waals surface area contributed by atoms with E-state index in [1.165, 1.54) is 26.4 Å². The van der Waals surface area contributed by atoms with Crippen LogP contribution in [0.3, 0.4) is 0 Å². The summed E-state index contributed by atoms with van der Waals surface area (Å²) in [5.74, 6) is 1.39. The van der Waals surface area contributed by atoms with Crippen molar-refractivity contribution in [3.8, 4) is 0 Å². The molecule has 1 N–H and O–H groups in total. The van der Waals surface area contributed by atoms with Crippen LogP contribution in [0.25, 0.3) is 0 Å². The lowest BCUT2D eigenvalue weighted by molar-refractivity contribution is -0.129. The molecule has 1 heterocycles. The predicted octanol–water partition coefficient (Wildman–Crippen LogP) is 0.601. The normalized spacial score (nSPS) is 27.7. The fourth-order valence-corrected chi connectivity index (χ4v) is 2.77. The van der Waals surface area contributed by atoms with Gasteiger partial charge in [0.1, 0.15) is 6.54 Å². The molecule has 1 saturated heterocycles. The Labute approximate surface area is 95.1 Å². The van der Waals surface area contributed by atoms with E-state index in [4.69, 9.17) is 0 Å². The molecule has 0 aromatic heterocycles. The first-order valence-electron chi connectivity index (χ1n) is 5.80. The Morgan fingerprint density at radius 1 is 1.31 bits per heavy atom. The predicted molar refractivity (Wildman–Crippen MR) is 57.8 cm³/mol. The summed E-state index contributed by atoms with van der Waals surface area (Å²) in [4.78, 5) is 24.4. The maximum Gasteiger partial charge on any atom is 0.407 e. The van der Waals surface area contributed by atoms with E-state index >= 15 is 0 Å². The van der Waals surface area contributed by atoms with Crippen LogP contribution in [0, 0.1) is 11.8 Å². The first-order valence-corrected chi connectivity index (χ1v) is 5.80. The average Bonchev–Trinajstić information content (AvgIpc) is 2.85. The van der Waals surface area contributed by atoms with Crippen molar-refractivity contribution < 1.29 is 14.3 Å². The van der Waals surface area contributed by atoms with Crippen molar-refractivity contribution in [1.29, 1.82) is 0 Å². The highest BCUT2D eigenvalue weighted by molar-refractivity contribution is 5.82. The summed E-state index contributed by atoms with van der Waals surface area (Å²) in [7, 11) is 1.29. The van der Waals surface area contributed by atoms with E-state index in [2.05, 4.69) is 10.1 Å². The number of fused-ring (bicyclic) bond motifs is 1. The molecule has 5 heteroatoms. The Bertz CT molecular complexity index is 281. The highest BCUT2D eigenvalue weighted by atomic mass is 16.5. The molecule has 0 radical (unpaired) electrons. The standard InChI is InChI=1S/C11H18N2O3/c1-16-11(15)12-5-10(14)13-6-8-3-2-4-9(8)7-13/h8-9H,2-7H2,1H3,(H,12,15). The van der Waals surface area contributed by atoms with Gasteiger partial charge in [-0.1, -0.05) is 6.42 Å². The zero-order valence-corrected chi connectivity index (χ0v) is 9.57. The fraction of sp³-hybridized carbons (Fsp3) is 0.818. The molecule has 1 aliphatic heterocycles. The lowest BCUT2D eigenvalue weighted by atomic mass is 10.0. The maximum atomic E-state index is 11.8. The number of ether oxygens (including phenoxy) is 1. The van der Waals surface area contributed by atoms with Crippen LogP contribution in [-0.4, -0.2) is 43.6 Å².